The molecule has 1 aromatic rings. The lowest BCUT2D eigenvalue weighted by Gasteiger charge is -2.03. The van der Waals surface area contributed by atoms with Crippen LogP contribution in [0, 0.1) is 0 Å². The number of allylic oxidation sites excluding steroid dienone is 1. The van der Waals surface area contributed by atoms with Crippen molar-refractivity contribution in [1.82, 2.24) is 0 Å². The summed E-state index contributed by atoms with van der Waals surface area (Å²) in [5, 5.41) is 11.3. The quantitative estimate of drug-likeness (QED) is 0.696. The van der Waals surface area contributed by atoms with E-state index in [1.807, 2.05) is 32.1 Å². The fraction of sp³-hybridized carbons (Fsp3) is 0.273. The van der Waals surface area contributed by atoms with Crippen LogP contribution in [-0.4, -0.2) is 6.61 Å². The fourth-order valence-corrected chi connectivity index (χ4v) is 1.10. The largest absolute Gasteiger partial charge is 0.490 e. The third-order valence-electron chi connectivity index (χ3n) is 1.63. The second-order valence-electron chi connectivity index (χ2n) is 2.64. The molecule has 0 aliphatic rings. The molecule has 1 aromatic carbocycles. The van der Waals surface area contributed by atoms with E-state index in [2.05, 4.69) is 0 Å². The number of hydrogen-bond donors (Lipinski definition) is 0. The summed E-state index contributed by atoms with van der Waals surface area (Å²) in [7, 11) is 0. The predicted octanol–water partition coefficient (Wildman–Crippen LogP) is 3.26. The molecule has 0 heterocycles. The van der Waals surface area contributed by atoms with E-state index in [0.29, 0.717) is 12.4 Å². The first-order chi connectivity index (χ1) is 6.27. The van der Waals surface area contributed by atoms with Gasteiger partial charge in [0.15, 0.2) is 5.75 Å². The third-order valence-corrected chi connectivity index (χ3v) is 1.63. The van der Waals surface area contributed by atoms with Crippen LogP contribution < -0.4 is 4.74 Å². The van der Waals surface area contributed by atoms with E-state index in [1.54, 1.807) is 12.1 Å². The highest BCUT2D eigenvalue weighted by Crippen LogP contribution is 2.27. The molecule has 0 aliphatic carbocycles. The molecule has 13 heavy (non-hydrogen) atoms. The molecule has 0 unspecified atom stereocenters. The van der Waals surface area contributed by atoms with Crippen LogP contribution in [0.1, 0.15) is 19.4 Å². The van der Waals surface area contributed by atoms with Gasteiger partial charge in [-0.15, -0.1) is 0 Å². The zero-order valence-corrected chi connectivity index (χ0v) is 7.91. The van der Waals surface area contributed by atoms with Crippen LogP contribution in [-0.2, 0) is 5.11 Å². The molecule has 2 nitrogen and oxygen atoms in total. The van der Waals surface area contributed by atoms with Gasteiger partial charge < -0.3 is 4.74 Å². The van der Waals surface area contributed by atoms with Crippen LogP contribution in [0.4, 0.5) is 0 Å². The minimum Gasteiger partial charge on any atom is -0.490 e. The van der Waals surface area contributed by atoms with Gasteiger partial charge in [0.1, 0.15) is 0 Å². The maximum absolute atomic E-state index is 11.3. The summed E-state index contributed by atoms with van der Waals surface area (Å²) >= 11 is 0. The van der Waals surface area contributed by atoms with Gasteiger partial charge in [-0.3, -0.25) is 5.11 Å². The first-order valence-corrected chi connectivity index (χ1v) is 4.34. The standard InChI is InChI=1S/C11H13O2/c1-3-5-9-6-7-11(13-4-2)10(12)8-9/h3,5-8H,4H2,1-2H3/b5-3+. The van der Waals surface area contributed by atoms with Crippen molar-refractivity contribution in [3.8, 4) is 11.5 Å². The summed E-state index contributed by atoms with van der Waals surface area (Å²) in [6.07, 6.45) is 3.78. The van der Waals surface area contributed by atoms with Gasteiger partial charge in [-0.1, -0.05) is 18.2 Å². The Labute approximate surface area is 78.5 Å². The van der Waals surface area contributed by atoms with Crippen molar-refractivity contribution in [3.05, 3.63) is 29.8 Å². The summed E-state index contributed by atoms with van der Waals surface area (Å²) in [6.45, 7) is 4.30. The van der Waals surface area contributed by atoms with E-state index in [0.717, 1.165) is 5.56 Å². The Hall–Kier alpha value is -1.44. The molecule has 0 amide bonds. The fourth-order valence-electron chi connectivity index (χ4n) is 1.10. The van der Waals surface area contributed by atoms with E-state index >= 15 is 0 Å². The minimum atomic E-state index is -0.0579. The van der Waals surface area contributed by atoms with Crippen molar-refractivity contribution in [2.75, 3.05) is 6.61 Å². The Kier molecular flexibility index (Phi) is 3.38. The third kappa shape index (κ3) is 2.51. The van der Waals surface area contributed by atoms with Crippen LogP contribution in [0.5, 0.6) is 11.5 Å². The van der Waals surface area contributed by atoms with Gasteiger partial charge in [0.05, 0.1) is 6.61 Å². The average Bonchev–Trinajstić information content (AvgIpc) is 2.10. The maximum Gasteiger partial charge on any atom is 0.220 e. The number of benzene rings is 1. The predicted molar refractivity (Wildman–Crippen MR) is 52.5 cm³/mol. The van der Waals surface area contributed by atoms with E-state index in [1.165, 1.54) is 0 Å². The molecule has 2 heteroatoms. The smallest absolute Gasteiger partial charge is 0.220 e. The van der Waals surface area contributed by atoms with E-state index < -0.39 is 0 Å². The average molecular weight is 177 g/mol. The molecule has 0 aliphatic heterocycles. The molecule has 0 aromatic heterocycles. The minimum absolute atomic E-state index is 0.0579. The molecular formula is C11H13O2. The zero-order valence-electron chi connectivity index (χ0n) is 7.91. The molecule has 0 spiro atoms. The summed E-state index contributed by atoms with van der Waals surface area (Å²) < 4.78 is 5.13. The van der Waals surface area contributed by atoms with E-state index in [-0.39, 0.29) is 5.75 Å². The topological polar surface area (TPSA) is 29.1 Å². The normalized spacial score (nSPS) is 10.6. The second kappa shape index (κ2) is 4.55. The zero-order chi connectivity index (χ0) is 9.68. The van der Waals surface area contributed by atoms with Crippen LogP contribution >= 0.6 is 0 Å². The van der Waals surface area contributed by atoms with Crippen molar-refractivity contribution >= 4 is 6.08 Å². The number of ether oxygens (including phenoxy) is 1. The molecule has 0 fully saturated rings. The SMILES string of the molecule is C/C=C/c1ccc(OCC)c([O])c1. The van der Waals surface area contributed by atoms with Gasteiger partial charge in [0.2, 0.25) is 5.75 Å². The molecule has 0 N–H and O–H groups in total. The first kappa shape index (κ1) is 9.65. The Morgan fingerprint density at radius 3 is 2.77 bits per heavy atom. The highest BCUT2D eigenvalue weighted by molar-refractivity contribution is 5.55. The molecule has 0 atom stereocenters. The Bertz CT molecular complexity index is 303. The van der Waals surface area contributed by atoms with Gasteiger partial charge in [0, 0.05) is 0 Å². The summed E-state index contributed by atoms with van der Waals surface area (Å²) in [6, 6.07) is 5.15. The lowest BCUT2D eigenvalue weighted by Crippen LogP contribution is -1.91. The van der Waals surface area contributed by atoms with Crippen molar-refractivity contribution in [2.24, 2.45) is 0 Å². The first-order valence-electron chi connectivity index (χ1n) is 4.34. The maximum atomic E-state index is 11.3. The van der Waals surface area contributed by atoms with Gasteiger partial charge in [-0.2, -0.15) is 0 Å². The van der Waals surface area contributed by atoms with E-state index in [4.69, 9.17) is 4.74 Å². The Morgan fingerprint density at radius 1 is 1.46 bits per heavy atom. The summed E-state index contributed by atoms with van der Waals surface area (Å²) in [4.78, 5) is 0. The van der Waals surface area contributed by atoms with Crippen molar-refractivity contribution in [1.29, 1.82) is 0 Å². The monoisotopic (exact) mass is 177 g/mol. The van der Waals surface area contributed by atoms with Gasteiger partial charge >= 0.3 is 0 Å². The molecular weight excluding hydrogens is 164 g/mol. The number of hydrogen-bond acceptors (Lipinski definition) is 1. The molecule has 0 saturated heterocycles. The summed E-state index contributed by atoms with van der Waals surface area (Å²) in [5.74, 6) is 0.369. The van der Waals surface area contributed by atoms with E-state index in [9.17, 15) is 5.11 Å². The van der Waals surface area contributed by atoms with Gasteiger partial charge in [0.25, 0.3) is 0 Å². The Morgan fingerprint density at radius 2 is 2.23 bits per heavy atom. The molecule has 0 saturated carbocycles. The van der Waals surface area contributed by atoms with Crippen molar-refractivity contribution in [3.63, 3.8) is 0 Å². The highest BCUT2D eigenvalue weighted by atomic mass is 16.5. The van der Waals surface area contributed by atoms with Crippen molar-refractivity contribution in [2.45, 2.75) is 13.8 Å². The molecule has 69 valence electrons. The molecule has 1 radical (unpaired) electrons. The van der Waals surface area contributed by atoms with Crippen LogP contribution in [0.2, 0.25) is 0 Å². The summed E-state index contributed by atoms with van der Waals surface area (Å²) in [5.41, 5.74) is 0.913. The van der Waals surface area contributed by atoms with Crippen molar-refractivity contribution < 1.29 is 9.84 Å². The lowest BCUT2D eigenvalue weighted by atomic mass is 10.2. The van der Waals surface area contributed by atoms with Gasteiger partial charge in [-0.05, 0) is 31.5 Å². The second-order valence-corrected chi connectivity index (χ2v) is 2.64. The molecule has 0 bridgehead atoms. The highest BCUT2D eigenvalue weighted by Gasteiger charge is 2.02. The number of rotatable bonds is 3. The molecule has 1 rings (SSSR count). The van der Waals surface area contributed by atoms with Crippen LogP contribution in [0.25, 0.3) is 6.08 Å². The van der Waals surface area contributed by atoms with Crippen LogP contribution in [0.15, 0.2) is 24.3 Å². The lowest BCUT2D eigenvalue weighted by molar-refractivity contribution is 0.288. The van der Waals surface area contributed by atoms with Gasteiger partial charge in [-0.25, -0.2) is 0 Å². The van der Waals surface area contributed by atoms with Crippen LogP contribution in [0.3, 0.4) is 0 Å². The Balaban J connectivity index is 2.91.